The van der Waals surface area contributed by atoms with E-state index in [0.717, 1.165) is 0 Å². The Bertz CT molecular complexity index is 722. The van der Waals surface area contributed by atoms with E-state index in [-0.39, 0.29) is 19.2 Å². The zero-order valence-corrected chi connectivity index (χ0v) is 20.6. The fourth-order valence-electron chi connectivity index (χ4n) is 3.13. The molecule has 182 valence electrons. The SMILES string of the molecule is CC1C=CN(CC(NC(=O)OC(C)(C)C)C(=O)N2CCC[C@@H](C(=O)OCC(C)(Cl)Cl)N2)N1. The van der Waals surface area contributed by atoms with Gasteiger partial charge in [0.2, 0.25) is 0 Å². The lowest BCUT2D eigenvalue weighted by molar-refractivity contribution is -0.152. The van der Waals surface area contributed by atoms with Crippen molar-refractivity contribution in [2.45, 2.75) is 75.5 Å². The number of alkyl carbamates (subject to hydrolysis) is 1. The third-order valence-electron chi connectivity index (χ3n) is 4.50. The Kier molecular flexibility index (Phi) is 9.04. The Morgan fingerprint density at radius 3 is 2.47 bits per heavy atom. The monoisotopic (exact) mass is 493 g/mol. The molecule has 0 saturated carbocycles. The molecule has 2 aliphatic heterocycles. The van der Waals surface area contributed by atoms with Crippen molar-refractivity contribution in [3.05, 3.63) is 12.3 Å². The average Bonchev–Trinajstić information content (AvgIpc) is 3.07. The first-order valence-electron chi connectivity index (χ1n) is 10.6. The summed E-state index contributed by atoms with van der Waals surface area (Å²) >= 11 is 11.7. The molecule has 3 N–H and O–H groups in total. The van der Waals surface area contributed by atoms with Crippen LogP contribution in [-0.2, 0) is 19.1 Å². The first-order chi connectivity index (χ1) is 14.7. The normalized spacial score (nSPS) is 22.5. The second-order valence-corrected chi connectivity index (χ2v) is 11.0. The van der Waals surface area contributed by atoms with Gasteiger partial charge in [0.15, 0.2) is 0 Å². The van der Waals surface area contributed by atoms with E-state index >= 15 is 0 Å². The number of halogens is 2. The molecule has 2 heterocycles. The van der Waals surface area contributed by atoms with E-state index in [0.29, 0.717) is 19.4 Å². The summed E-state index contributed by atoms with van der Waals surface area (Å²) in [6.07, 6.45) is 4.10. The summed E-state index contributed by atoms with van der Waals surface area (Å²) < 4.78 is 9.27. The number of carbonyl (C=O) groups is 3. The van der Waals surface area contributed by atoms with E-state index in [9.17, 15) is 14.4 Å². The Balaban J connectivity index is 2.05. The smallest absolute Gasteiger partial charge is 0.408 e. The minimum atomic E-state index is -1.20. The molecule has 0 aliphatic carbocycles. The lowest BCUT2D eigenvalue weighted by Crippen LogP contribution is -2.62. The van der Waals surface area contributed by atoms with Crippen LogP contribution in [0.4, 0.5) is 4.79 Å². The molecular formula is C20H33Cl2N5O5. The fourth-order valence-corrected chi connectivity index (χ4v) is 3.24. The molecule has 1 fully saturated rings. The van der Waals surface area contributed by atoms with E-state index in [1.807, 2.05) is 13.0 Å². The van der Waals surface area contributed by atoms with Crippen molar-refractivity contribution < 1.29 is 23.9 Å². The minimum absolute atomic E-state index is 0.106. The molecule has 10 nitrogen and oxygen atoms in total. The van der Waals surface area contributed by atoms with Crippen LogP contribution in [-0.4, -0.2) is 75.7 Å². The van der Waals surface area contributed by atoms with Crippen molar-refractivity contribution in [3.63, 3.8) is 0 Å². The molecule has 0 aromatic rings. The van der Waals surface area contributed by atoms with Crippen molar-refractivity contribution in [1.82, 2.24) is 26.2 Å². The molecule has 2 amide bonds. The number of esters is 1. The first kappa shape index (κ1) is 26.5. The number of amides is 2. The Hall–Kier alpha value is -1.75. The van der Waals surface area contributed by atoms with Crippen LogP contribution < -0.4 is 16.2 Å². The van der Waals surface area contributed by atoms with Crippen LogP contribution in [0, 0.1) is 0 Å². The molecule has 0 aromatic carbocycles. The molecule has 0 bridgehead atoms. The third-order valence-corrected chi connectivity index (χ3v) is 4.72. The molecule has 2 aliphatic rings. The van der Waals surface area contributed by atoms with Gasteiger partial charge in [-0.25, -0.2) is 15.6 Å². The van der Waals surface area contributed by atoms with Crippen LogP contribution in [0.3, 0.4) is 0 Å². The average molecular weight is 494 g/mol. The van der Waals surface area contributed by atoms with Crippen molar-refractivity contribution >= 4 is 41.2 Å². The third kappa shape index (κ3) is 9.01. The van der Waals surface area contributed by atoms with Gasteiger partial charge in [-0.15, -0.1) is 0 Å². The molecule has 1 saturated heterocycles. The number of hydrogen-bond acceptors (Lipinski definition) is 8. The topological polar surface area (TPSA) is 112 Å². The molecule has 0 radical (unpaired) electrons. The van der Waals surface area contributed by atoms with Gasteiger partial charge in [0.1, 0.15) is 28.6 Å². The van der Waals surface area contributed by atoms with Gasteiger partial charge in [-0.05, 0) is 53.5 Å². The van der Waals surface area contributed by atoms with Gasteiger partial charge >= 0.3 is 12.1 Å². The quantitative estimate of drug-likeness (QED) is 0.363. The standard InChI is InChI=1S/C20H33Cl2N5O5/c1-13-8-10-26(24-13)11-15(23-18(30)32-19(2,3)4)16(28)27-9-6-7-14(25-27)17(29)31-12-20(5,21)22/h8,10,13-15,24-25H,6-7,9,11-12H2,1-5H3,(H,23,30)/t13?,14-,15?/m0/s1. The van der Waals surface area contributed by atoms with Gasteiger partial charge in [0.25, 0.3) is 5.91 Å². The van der Waals surface area contributed by atoms with Crippen LogP contribution in [0.2, 0.25) is 0 Å². The molecular weight excluding hydrogens is 461 g/mol. The van der Waals surface area contributed by atoms with E-state index in [4.69, 9.17) is 32.7 Å². The Labute approximate surface area is 198 Å². The van der Waals surface area contributed by atoms with E-state index in [1.165, 1.54) is 11.9 Å². The largest absolute Gasteiger partial charge is 0.461 e. The predicted molar refractivity (Wildman–Crippen MR) is 121 cm³/mol. The van der Waals surface area contributed by atoms with Gasteiger partial charge < -0.3 is 19.8 Å². The highest BCUT2D eigenvalue weighted by Crippen LogP contribution is 2.20. The lowest BCUT2D eigenvalue weighted by atomic mass is 10.1. The zero-order chi connectivity index (χ0) is 24.1. The van der Waals surface area contributed by atoms with Crippen LogP contribution >= 0.6 is 23.2 Å². The van der Waals surface area contributed by atoms with Gasteiger partial charge in [0, 0.05) is 18.8 Å². The molecule has 2 unspecified atom stereocenters. The van der Waals surface area contributed by atoms with E-state index in [1.54, 1.807) is 32.0 Å². The highest BCUT2D eigenvalue weighted by atomic mass is 35.5. The second kappa shape index (κ2) is 10.9. The zero-order valence-electron chi connectivity index (χ0n) is 19.1. The van der Waals surface area contributed by atoms with Gasteiger partial charge in [-0.2, -0.15) is 0 Å². The molecule has 0 spiro atoms. The molecule has 12 heteroatoms. The van der Waals surface area contributed by atoms with Crippen LogP contribution in [0.5, 0.6) is 0 Å². The van der Waals surface area contributed by atoms with Gasteiger partial charge in [0.05, 0.1) is 6.54 Å². The lowest BCUT2D eigenvalue weighted by Gasteiger charge is -2.36. The van der Waals surface area contributed by atoms with Crippen molar-refractivity contribution in [3.8, 4) is 0 Å². The maximum absolute atomic E-state index is 13.3. The van der Waals surface area contributed by atoms with E-state index < -0.39 is 40.0 Å². The predicted octanol–water partition coefficient (Wildman–Crippen LogP) is 1.83. The summed E-state index contributed by atoms with van der Waals surface area (Å²) in [5.74, 6) is -0.952. The van der Waals surface area contributed by atoms with Crippen LogP contribution in [0.1, 0.15) is 47.5 Å². The summed E-state index contributed by atoms with van der Waals surface area (Å²) in [6, 6.07) is -1.55. The summed E-state index contributed by atoms with van der Waals surface area (Å²) in [5.41, 5.74) is 5.35. The molecule has 3 atom stereocenters. The maximum atomic E-state index is 13.3. The molecule has 2 rings (SSSR count). The Morgan fingerprint density at radius 2 is 1.91 bits per heavy atom. The fraction of sp³-hybridized carbons (Fsp3) is 0.750. The van der Waals surface area contributed by atoms with Crippen molar-refractivity contribution in [2.24, 2.45) is 0 Å². The number of alkyl halides is 2. The number of hydrogen-bond donors (Lipinski definition) is 3. The molecule has 0 aromatic heterocycles. The first-order valence-corrected chi connectivity index (χ1v) is 11.3. The van der Waals surface area contributed by atoms with E-state index in [2.05, 4.69) is 16.2 Å². The summed E-state index contributed by atoms with van der Waals surface area (Å²) in [7, 11) is 0. The summed E-state index contributed by atoms with van der Waals surface area (Å²) in [4.78, 5) is 38.0. The minimum Gasteiger partial charge on any atom is -0.461 e. The van der Waals surface area contributed by atoms with Gasteiger partial charge in [-0.1, -0.05) is 23.2 Å². The highest BCUT2D eigenvalue weighted by Gasteiger charge is 2.35. The number of carbonyl (C=O) groups excluding carboxylic acids is 3. The maximum Gasteiger partial charge on any atom is 0.408 e. The highest BCUT2D eigenvalue weighted by molar-refractivity contribution is 6.48. The number of ether oxygens (including phenoxy) is 2. The Morgan fingerprint density at radius 1 is 1.22 bits per heavy atom. The van der Waals surface area contributed by atoms with Crippen molar-refractivity contribution in [2.75, 3.05) is 19.7 Å². The number of nitrogens with one attached hydrogen (secondary N) is 3. The number of hydrazine groups is 2. The number of rotatable bonds is 7. The summed E-state index contributed by atoms with van der Waals surface area (Å²) in [5, 5.41) is 5.70. The number of nitrogens with zero attached hydrogens (tertiary/aromatic N) is 2. The van der Waals surface area contributed by atoms with Crippen LogP contribution in [0.15, 0.2) is 12.3 Å². The second-order valence-electron chi connectivity index (χ2n) is 9.10. The van der Waals surface area contributed by atoms with Crippen molar-refractivity contribution in [1.29, 1.82) is 0 Å². The molecule has 32 heavy (non-hydrogen) atoms. The van der Waals surface area contributed by atoms with Gasteiger partial charge in [-0.3, -0.25) is 14.6 Å². The summed E-state index contributed by atoms with van der Waals surface area (Å²) in [6.45, 7) is 9.07. The van der Waals surface area contributed by atoms with Crippen LogP contribution in [0.25, 0.3) is 0 Å².